The predicted octanol–water partition coefficient (Wildman–Crippen LogP) is 11.6. The van der Waals surface area contributed by atoms with Crippen LogP contribution in [0.1, 0.15) is 101 Å². The Kier molecular flexibility index (Phi) is 15.5. The lowest BCUT2D eigenvalue weighted by molar-refractivity contribution is -0.258. The van der Waals surface area contributed by atoms with Crippen LogP contribution in [0, 0.1) is 23.7 Å². The molecule has 4 aromatic carbocycles. The summed E-state index contributed by atoms with van der Waals surface area (Å²) in [6, 6.07) is 28.4. The van der Waals surface area contributed by atoms with Gasteiger partial charge in [0.1, 0.15) is 30.4 Å². The summed E-state index contributed by atoms with van der Waals surface area (Å²) in [6.45, 7) is 4.95. The maximum atomic E-state index is 15.3. The van der Waals surface area contributed by atoms with Gasteiger partial charge >= 0.3 is 0 Å². The number of oxime groups is 1. The van der Waals surface area contributed by atoms with E-state index in [1.54, 1.807) is 24.9 Å². The van der Waals surface area contributed by atoms with E-state index in [0.717, 1.165) is 75.9 Å². The topological polar surface area (TPSA) is 110 Å². The Hall–Kier alpha value is -4.61. The van der Waals surface area contributed by atoms with Crippen LogP contribution in [0.25, 0.3) is 10.8 Å². The number of nitrogens with zero attached hydrogens (tertiary/aromatic N) is 2. The molecule has 0 aromatic heterocycles. The standard InChI is InChI=1S/C54H66N2O7S/c1-4-32-61-54-50(56(51(59)29-22-37-14-5-6-15-37)36-40-19-13-18-38-16-7-8-20-44(38)40)35-48(55-60-2)46-33-39(17-9-11-30-57)45(21-10-12-31-58)52(53(46)54)47-34-42(25-28-49(47)63-54)62-41-23-26-43(64-3)27-24-41/h4,7-8,13,16,18-20,23-28,33-34,37,39,45,50,52-53,57-58H,1,5-6,9-12,14-15,17,21-22,29-32,35-36H2,2-3H3. The highest BCUT2D eigenvalue weighted by Gasteiger charge is 2.65. The fourth-order valence-corrected chi connectivity index (χ4v) is 11.8. The van der Waals surface area contributed by atoms with Crippen LogP contribution < -0.4 is 9.47 Å². The minimum Gasteiger partial charge on any atom is -0.459 e. The molecular formula is C54H66N2O7S. The van der Waals surface area contributed by atoms with Gasteiger partial charge in [0, 0.05) is 49.0 Å². The number of unbranched alkanes of at least 4 members (excludes halogenated alkanes) is 2. The first-order chi connectivity index (χ1) is 31.4. The Labute approximate surface area is 383 Å². The van der Waals surface area contributed by atoms with Gasteiger partial charge in [0.05, 0.1) is 18.2 Å². The van der Waals surface area contributed by atoms with E-state index in [0.29, 0.717) is 49.6 Å². The third-order valence-corrected chi connectivity index (χ3v) is 15.0. The summed E-state index contributed by atoms with van der Waals surface area (Å²) in [5, 5.41) is 27.0. The molecule has 0 bridgehead atoms. The van der Waals surface area contributed by atoms with Gasteiger partial charge in [-0.15, -0.1) is 18.3 Å². The molecule has 0 spiro atoms. The Morgan fingerprint density at radius 2 is 1.69 bits per heavy atom. The first-order valence-electron chi connectivity index (χ1n) is 23.6. The molecule has 2 fully saturated rings. The van der Waals surface area contributed by atoms with Crippen molar-refractivity contribution < 1.29 is 34.1 Å². The second-order valence-electron chi connectivity index (χ2n) is 18.1. The first-order valence-corrected chi connectivity index (χ1v) is 24.8. The van der Waals surface area contributed by atoms with Crippen LogP contribution in [0.15, 0.2) is 119 Å². The number of aliphatic hydroxyl groups is 2. The number of hydrogen-bond acceptors (Lipinski definition) is 9. The predicted molar refractivity (Wildman–Crippen MR) is 256 cm³/mol. The van der Waals surface area contributed by atoms with Gasteiger partial charge in [-0.2, -0.15) is 0 Å². The molecule has 4 aliphatic rings. The van der Waals surface area contributed by atoms with E-state index in [9.17, 15) is 10.2 Å². The van der Waals surface area contributed by atoms with E-state index >= 15 is 4.79 Å². The van der Waals surface area contributed by atoms with Crippen LogP contribution in [-0.2, 0) is 20.9 Å². The van der Waals surface area contributed by atoms with Gasteiger partial charge in [-0.05, 0) is 120 Å². The molecule has 0 saturated heterocycles. The third kappa shape index (κ3) is 9.81. The maximum absolute atomic E-state index is 15.3. The quantitative estimate of drug-likeness (QED) is 0.0368. The summed E-state index contributed by atoms with van der Waals surface area (Å²) >= 11 is 1.69. The number of rotatable bonds is 21. The van der Waals surface area contributed by atoms with Crippen LogP contribution in [0.4, 0.5) is 0 Å². The van der Waals surface area contributed by atoms with E-state index < -0.39 is 17.7 Å². The zero-order valence-corrected chi connectivity index (χ0v) is 38.5. The average Bonchev–Trinajstić information content (AvgIpc) is 3.85. The molecule has 3 aliphatic carbocycles. The van der Waals surface area contributed by atoms with Crippen LogP contribution in [0.5, 0.6) is 17.2 Å². The molecule has 9 nitrogen and oxygen atoms in total. The molecule has 340 valence electrons. The van der Waals surface area contributed by atoms with E-state index in [1.165, 1.54) is 25.7 Å². The second kappa shape index (κ2) is 21.6. The van der Waals surface area contributed by atoms with Crippen molar-refractivity contribution in [2.45, 2.75) is 113 Å². The molecule has 6 atom stereocenters. The molecule has 6 unspecified atom stereocenters. The number of thioether (sulfide) groups is 1. The molecule has 10 heteroatoms. The Bertz CT molecular complexity index is 2270. The number of amides is 1. The van der Waals surface area contributed by atoms with Gasteiger partial charge < -0.3 is 34.2 Å². The van der Waals surface area contributed by atoms with Gasteiger partial charge in [0.2, 0.25) is 11.7 Å². The SMILES string of the molecule is C=CCOC12Oc3ccc(Oc4ccc(SC)cc4)cc3C3C(CCCCO)C(CCCCO)C=C(C(=NOC)CC1N(Cc1cccc4ccccc14)C(=O)CCC1CCCC1)C32. The van der Waals surface area contributed by atoms with Crippen molar-refractivity contribution in [2.24, 2.45) is 28.8 Å². The van der Waals surface area contributed by atoms with Crippen LogP contribution in [0.2, 0.25) is 0 Å². The number of carbonyl (C=O) groups excluding carboxylic acids is 1. The number of fused-ring (bicyclic) bond motifs is 3. The highest BCUT2D eigenvalue weighted by atomic mass is 32.2. The minimum atomic E-state index is -1.33. The highest BCUT2D eigenvalue weighted by molar-refractivity contribution is 7.98. The van der Waals surface area contributed by atoms with Gasteiger partial charge in [-0.1, -0.05) is 98.3 Å². The van der Waals surface area contributed by atoms with Gasteiger partial charge in [0.25, 0.3) is 0 Å². The summed E-state index contributed by atoms with van der Waals surface area (Å²) in [6.07, 6.45) is 17.5. The third-order valence-electron chi connectivity index (χ3n) is 14.3. The Balaban J connectivity index is 1.32. The van der Waals surface area contributed by atoms with Crippen LogP contribution >= 0.6 is 11.8 Å². The number of ether oxygens (including phenoxy) is 3. The van der Waals surface area contributed by atoms with Gasteiger partial charge in [-0.25, -0.2) is 0 Å². The van der Waals surface area contributed by atoms with E-state index in [4.69, 9.17) is 24.2 Å². The first kappa shape index (κ1) is 45.9. The van der Waals surface area contributed by atoms with Crippen molar-refractivity contribution in [3.8, 4) is 17.2 Å². The van der Waals surface area contributed by atoms with Gasteiger partial charge in [-0.3, -0.25) is 4.79 Å². The number of allylic oxidation sites excluding steroid dienone is 1. The molecule has 1 amide bonds. The van der Waals surface area contributed by atoms with Crippen LogP contribution in [-0.4, -0.2) is 71.7 Å². The maximum Gasteiger partial charge on any atom is 0.239 e. The minimum absolute atomic E-state index is 0.0787. The molecule has 64 heavy (non-hydrogen) atoms. The molecule has 1 heterocycles. The van der Waals surface area contributed by atoms with Crippen LogP contribution in [0.3, 0.4) is 0 Å². The van der Waals surface area contributed by atoms with Crippen molar-refractivity contribution in [3.05, 3.63) is 120 Å². The number of benzene rings is 4. The van der Waals surface area contributed by atoms with Gasteiger partial charge in [0.15, 0.2) is 0 Å². The lowest BCUT2D eigenvalue weighted by atomic mass is 9.55. The highest BCUT2D eigenvalue weighted by Crippen LogP contribution is 2.62. The van der Waals surface area contributed by atoms with Crippen molar-refractivity contribution in [3.63, 3.8) is 0 Å². The molecule has 2 saturated carbocycles. The lowest BCUT2D eigenvalue weighted by Gasteiger charge is -2.60. The monoisotopic (exact) mass is 886 g/mol. The molecule has 1 aliphatic heterocycles. The Morgan fingerprint density at radius 1 is 0.938 bits per heavy atom. The summed E-state index contributed by atoms with van der Waals surface area (Å²) in [5.74, 6) is 1.15. The Morgan fingerprint density at radius 3 is 2.44 bits per heavy atom. The summed E-state index contributed by atoms with van der Waals surface area (Å²) < 4.78 is 21.4. The summed E-state index contributed by atoms with van der Waals surface area (Å²) in [7, 11) is 1.60. The van der Waals surface area contributed by atoms with Crippen molar-refractivity contribution in [1.82, 2.24) is 4.90 Å². The van der Waals surface area contributed by atoms with Crippen molar-refractivity contribution in [2.75, 3.05) is 33.2 Å². The van der Waals surface area contributed by atoms with E-state index in [1.807, 2.05) is 24.3 Å². The van der Waals surface area contributed by atoms with E-state index in [2.05, 4.69) is 84.5 Å². The van der Waals surface area contributed by atoms with Crippen molar-refractivity contribution in [1.29, 1.82) is 0 Å². The molecule has 2 N–H and O–H groups in total. The number of hydrogen-bond donors (Lipinski definition) is 2. The average molecular weight is 887 g/mol. The largest absolute Gasteiger partial charge is 0.459 e. The zero-order chi connectivity index (χ0) is 44.5. The molecule has 8 rings (SSSR count). The smallest absolute Gasteiger partial charge is 0.239 e. The van der Waals surface area contributed by atoms with Crippen molar-refractivity contribution >= 4 is 34.2 Å². The van der Waals surface area contributed by atoms with E-state index in [-0.39, 0.29) is 43.5 Å². The molecular weight excluding hydrogens is 821 g/mol. The fourth-order valence-electron chi connectivity index (χ4n) is 11.4. The molecule has 0 radical (unpaired) electrons. The number of aliphatic hydroxyl groups excluding tert-OH is 2. The normalized spacial score (nSPS) is 24.4. The zero-order valence-electron chi connectivity index (χ0n) is 37.7. The molecule has 4 aromatic rings. The summed E-state index contributed by atoms with van der Waals surface area (Å²) in [5.41, 5.74) is 3.90. The number of carbonyl (C=O) groups is 1. The summed E-state index contributed by atoms with van der Waals surface area (Å²) in [4.78, 5) is 24.3. The fraction of sp³-hybridized carbons (Fsp3) is 0.481. The lowest BCUT2D eigenvalue weighted by Crippen LogP contribution is -2.70. The second-order valence-corrected chi connectivity index (χ2v) is 19.0.